The Bertz CT molecular complexity index is 445. The first-order chi connectivity index (χ1) is 11.5. The first-order valence-electron chi connectivity index (χ1n) is 10.0. The fourth-order valence-corrected chi connectivity index (χ4v) is 17.9. The SMILES string of the molecule is C[SiH](N[SiH](C)N1CC(C2CN2[SiH](C)N[SiH](C)N2CC2)C1)N1CCC1. The molecule has 4 rings (SSSR count). The quantitative estimate of drug-likeness (QED) is 0.351. The molecule has 0 aliphatic carbocycles. The largest absolute Gasteiger partial charge is 0.340 e. The Morgan fingerprint density at radius 1 is 0.667 bits per heavy atom. The molecule has 0 radical (unpaired) electrons. The number of hydrogen-bond acceptors (Lipinski definition) is 6. The highest BCUT2D eigenvalue weighted by atomic mass is 28.4. The van der Waals surface area contributed by atoms with Gasteiger partial charge in [-0.15, -0.1) is 0 Å². The Morgan fingerprint density at radius 3 is 1.75 bits per heavy atom. The predicted octanol–water partition coefficient (Wildman–Crippen LogP) is -1.80. The maximum atomic E-state index is 4.06. The fraction of sp³-hybridized carbons (Fsp3) is 1.00. The average Bonchev–Trinajstić information content (AvgIpc) is 3.29. The molecular formula is C14H36N6Si4. The van der Waals surface area contributed by atoms with Gasteiger partial charge in [-0.1, -0.05) is 0 Å². The maximum absolute atomic E-state index is 4.06. The summed E-state index contributed by atoms with van der Waals surface area (Å²) in [5, 5.41) is 0. The van der Waals surface area contributed by atoms with Crippen molar-refractivity contribution < 1.29 is 0 Å². The van der Waals surface area contributed by atoms with Gasteiger partial charge in [0.05, 0.1) is 0 Å². The van der Waals surface area contributed by atoms with Crippen LogP contribution in [0.15, 0.2) is 0 Å². The molecule has 10 heteroatoms. The summed E-state index contributed by atoms with van der Waals surface area (Å²) in [6.07, 6.45) is 1.42. The Hall–Kier alpha value is 0.628. The summed E-state index contributed by atoms with van der Waals surface area (Å²) >= 11 is 0. The lowest BCUT2D eigenvalue weighted by Gasteiger charge is -2.46. The highest BCUT2D eigenvalue weighted by Gasteiger charge is 2.49. The molecule has 4 saturated heterocycles. The zero-order chi connectivity index (χ0) is 16.8. The van der Waals surface area contributed by atoms with E-state index in [4.69, 9.17) is 0 Å². The standard InChI is InChI=1S/C14H36N6Si4/c1-21(17-6-5-7-17)15-23(3)19-10-13(11-19)14-12-20(14)24(4)16-22(2)18-8-9-18/h13-16,21-24H,5-12H2,1-4H3. The highest BCUT2D eigenvalue weighted by Crippen LogP contribution is 2.33. The van der Waals surface area contributed by atoms with Gasteiger partial charge in [0.2, 0.25) is 0 Å². The second kappa shape index (κ2) is 7.33. The monoisotopic (exact) mass is 400 g/mol. The Morgan fingerprint density at radius 2 is 1.21 bits per heavy atom. The van der Waals surface area contributed by atoms with Gasteiger partial charge in [0.25, 0.3) is 0 Å². The van der Waals surface area contributed by atoms with Crippen molar-refractivity contribution in [2.24, 2.45) is 5.92 Å². The lowest BCUT2D eigenvalue weighted by atomic mass is 10.00. The zero-order valence-electron chi connectivity index (χ0n) is 15.9. The van der Waals surface area contributed by atoms with Crippen molar-refractivity contribution in [3.8, 4) is 0 Å². The van der Waals surface area contributed by atoms with Crippen LogP contribution in [0.3, 0.4) is 0 Å². The topological polar surface area (TPSA) is 36.6 Å². The lowest BCUT2D eigenvalue weighted by Crippen LogP contribution is -2.66. The third kappa shape index (κ3) is 3.97. The molecule has 0 amide bonds. The van der Waals surface area contributed by atoms with Crippen LogP contribution in [0.1, 0.15) is 6.42 Å². The molecule has 0 aromatic heterocycles. The van der Waals surface area contributed by atoms with E-state index in [1.165, 1.54) is 52.2 Å². The molecule has 4 heterocycles. The number of hydrogen-bond donors (Lipinski definition) is 2. The minimum Gasteiger partial charge on any atom is -0.340 e. The minimum absolute atomic E-state index is 0.751. The van der Waals surface area contributed by atoms with Crippen LogP contribution >= 0.6 is 0 Å². The summed E-state index contributed by atoms with van der Waals surface area (Å²) in [6, 6.07) is 0.928. The van der Waals surface area contributed by atoms with E-state index in [1.54, 1.807) is 0 Å². The fourth-order valence-electron chi connectivity index (χ4n) is 4.43. The van der Waals surface area contributed by atoms with Crippen molar-refractivity contribution in [1.82, 2.24) is 27.6 Å². The molecule has 4 aliphatic heterocycles. The number of nitrogens with one attached hydrogen (secondary N) is 2. The van der Waals surface area contributed by atoms with Crippen LogP contribution in [0.2, 0.25) is 26.2 Å². The van der Waals surface area contributed by atoms with Gasteiger partial charge in [-0.3, -0.25) is 0 Å². The molecule has 0 saturated carbocycles. The molecule has 4 fully saturated rings. The van der Waals surface area contributed by atoms with Gasteiger partial charge in [0.1, 0.15) is 0 Å². The van der Waals surface area contributed by atoms with Crippen LogP contribution in [-0.4, -0.2) is 107 Å². The molecule has 6 nitrogen and oxygen atoms in total. The second-order valence-corrected chi connectivity index (χ2v) is 19.4. The van der Waals surface area contributed by atoms with Crippen molar-refractivity contribution in [3.05, 3.63) is 0 Å². The van der Waals surface area contributed by atoms with Crippen molar-refractivity contribution in [3.63, 3.8) is 0 Å². The third-order valence-corrected chi connectivity index (χ3v) is 20.7. The molecule has 6 unspecified atom stereocenters. The van der Waals surface area contributed by atoms with Crippen molar-refractivity contribution in [2.75, 3.05) is 45.8 Å². The van der Waals surface area contributed by atoms with Gasteiger partial charge in [-0.25, -0.2) is 0 Å². The predicted molar refractivity (Wildman–Crippen MR) is 112 cm³/mol. The average molecular weight is 401 g/mol. The van der Waals surface area contributed by atoms with Crippen molar-refractivity contribution >= 4 is 36.5 Å². The summed E-state index contributed by atoms with van der Waals surface area (Å²) in [5.41, 5.74) is 0. The Kier molecular flexibility index (Phi) is 5.50. The molecule has 24 heavy (non-hydrogen) atoms. The summed E-state index contributed by atoms with van der Waals surface area (Å²) in [5.74, 6) is 0.970. The first-order valence-corrected chi connectivity index (χ1v) is 19.0. The number of rotatable bonds is 9. The van der Waals surface area contributed by atoms with Gasteiger partial charge in [-0.05, 0) is 64.7 Å². The van der Waals surface area contributed by atoms with E-state index >= 15 is 0 Å². The molecular weight excluding hydrogens is 365 g/mol. The first kappa shape index (κ1) is 18.0. The van der Waals surface area contributed by atoms with Crippen molar-refractivity contribution in [2.45, 2.75) is 38.7 Å². The van der Waals surface area contributed by atoms with E-state index < -0.39 is 36.5 Å². The third-order valence-electron chi connectivity index (χ3n) is 6.65. The van der Waals surface area contributed by atoms with E-state index in [0.717, 1.165) is 12.0 Å². The Labute approximate surface area is 154 Å². The van der Waals surface area contributed by atoms with Crippen LogP contribution in [0, 0.1) is 5.92 Å². The summed E-state index contributed by atoms with van der Waals surface area (Å²) in [7, 11) is -3.22. The van der Waals surface area contributed by atoms with Gasteiger partial charge in [-0.2, -0.15) is 0 Å². The molecule has 0 spiro atoms. The lowest BCUT2D eigenvalue weighted by molar-refractivity contribution is 0.184. The molecule has 6 atom stereocenters. The number of nitrogens with zero attached hydrogens (tertiary/aromatic N) is 4. The van der Waals surface area contributed by atoms with E-state index in [0.29, 0.717) is 0 Å². The van der Waals surface area contributed by atoms with Crippen LogP contribution in [0.5, 0.6) is 0 Å². The van der Waals surface area contributed by atoms with Crippen molar-refractivity contribution in [1.29, 1.82) is 0 Å². The van der Waals surface area contributed by atoms with Crippen LogP contribution in [0.4, 0.5) is 0 Å². The molecule has 0 bridgehead atoms. The molecule has 2 N–H and O–H groups in total. The summed E-state index contributed by atoms with van der Waals surface area (Å²) < 4.78 is 19.1. The van der Waals surface area contributed by atoms with E-state index in [1.807, 2.05) is 0 Å². The normalized spacial score (nSPS) is 36.5. The van der Waals surface area contributed by atoms with Gasteiger partial charge >= 0.3 is 0 Å². The van der Waals surface area contributed by atoms with Crippen LogP contribution in [-0.2, 0) is 0 Å². The van der Waals surface area contributed by atoms with Crippen LogP contribution in [0.25, 0.3) is 0 Å². The molecule has 0 aromatic rings. The minimum atomic E-state index is -0.848. The van der Waals surface area contributed by atoms with Gasteiger partial charge in [0.15, 0.2) is 36.5 Å². The summed E-state index contributed by atoms with van der Waals surface area (Å²) in [4.78, 5) is 0. The Balaban J connectivity index is 1.14. The van der Waals surface area contributed by atoms with Crippen LogP contribution < -0.4 is 9.30 Å². The molecule has 0 aromatic carbocycles. The van der Waals surface area contributed by atoms with Gasteiger partial charge < -0.3 is 27.6 Å². The maximum Gasteiger partial charge on any atom is 0.178 e. The molecule has 138 valence electrons. The smallest absolute Gasteiger partial charge is 0.178 e. The highest BCUT2D eigenvalue weighted by molar-refractivity contribution is 6.70. The van der Waals surface area contributed by atoms with E-state index in [9.17, 15) is 0 Å². The second-order valence-electron chi connectivity index (χ2n) is 8.44. The van der Waals surface area contributed by atoms with E-state index in [-0.39, 0.29) is 0 Å². The van der Waals surface area contributed by atoms with E-state index in [2.05, 4.69) is 53.7 Å². The zero-order valence-corrected chi connectivity index (χ0v) is 20.5. The molecule has 4 aliphatic rings. The summed E-state index contributed by atoms with van der Waals surface area (Å²) in [6.45, 7) is 19.6. The van der Waals surface area contributed by atoms with Gasteiger partial charge in [0, 0.05) is 25.7 Å².